The molecule has 0 radical (unpaired) electrons. The van der Waals surface area contributed by atoms with Crippen LogP contribution in [0.1, 0.15) is 22.3 Å². The fraction of sp³-hybridized carbons (Fsp3) is 0.0161. The van der Waals surface area contributed by atoms with E-state index in [-0.39, 0.29) is 0 Å². The number of hydrogen-bond donors (Lipinski definition) is 0. The van der Waals surface area contributed by atoms with Crippen LogP contribution in [-0.4, -0.2) is 15.0 Å². The van der Waals surface area contributed by atoms with Gasteiger partial charge in [0.25, 0.3) is 0 Å². The molecule has 3 heterocycles. The highest BCUT2D eigenvalue weighted by atomic mass is 14.7. The first-order valence-corrected chi connectivity index (χ1v) is 22.3. The molecule has 3 aliphatic rings. The summed E-state index contributed by atoms with van der Waals surface area (Å²) in [7, 11) is 0. The number of pyridine rings is 3. The molecular weight excluding hydrogens is 787 g/mol. The maximum Gasteiger partial charge on any atom is 0.0725 e. The predicted octanol–water partition coefficient (Wildman–Crippen LogP) is 15.4. The van der Waals surface area contributed by atoms with Crippen molar-refractivity contribution < 1.29 is 0 Å². The van der Waals surface area contributed by atoms with E-state index >= 15 is 0 Å². The molecule has 8 aromatic carbocycles. The molecule has 3 aliphatic carbocycles. The van der Waals surface area contributed by atoms with Crippen molar-refractivity contribution in [1.82, 2.24) is 15.0 Å². The molecule has 65 heavy (non-hydrogen) atoms. The third-order valence-electron chi connectivity index (χ3n) is 14.3. The summed E-state index contributed by atoms with van der Waals surface area (Å²) in [6.07, 6.45) is 7.39. The van der Waals surface area contributed by atoms with E-state index in [2.05, 4.69) is 210 Å². The summed E-state index contributed by atoms with van der Waals surface area (Å²) < 4.78 is 0. The number of fused-ring (bicyclic) bond motifs is 13. The van der Waals surface area contributed by atoms with Crippen LogP contribution >= 0.6 is 0 Å². The van der Waals surface area contributed by atoms with E-state index in [1.165, 1.54) is 83.1 Å². The first kappa shape index (κ1) is 36.0. The third-order valence-corrected chi connectivity index (χ3v) is 14.3. The fourth-order valence-electron chi connectivity index (χ4n) is 11.5. The molecule has 300 valence electrons. The van der Waals surface area contributed by atoms with Crippen LogP contribution in [-0.2, 0) is 5.41 Å². The summed E-state index contributed by atoms with van der Waals surface area (Å²) in [5, 5.41) is 2.58. The number of nitrogens with zero attached hydrogens (tertiary/aromatic N) is 3. The van der Waals surface area contributed by atoms with Crippen molar-refractivity contribution in [2.45, 2.75) is 5.41 Å². The minimum atomic E-state index is -0.504. The molecular formula is C62H37N3. The summed E-state index contributed by atoms with van der Waals surface area (Å²) in [5.41, 5.74) is 26.1. The van der Waals surface area contributed by atoms with Gasteiger partial charge in [0.2, 0.25) is 0 Å². The average Bonchev–Trinajstić information content (AvgIpc) is 3.99. The maximum atomic E-state index is 5.52. The number of aromatic nitrogens is 3. The van der Waals surface area contributed by atoms with Crippen molar-refractivity contribution in [1.29, 1.82) is 0 Å². The Morgan fingerprint density at radius 3 is 1.28 bits per heavy atom. The van der Waals surface area contributed by atoms with Crippen LogP contribution in [0.3, 0.4) is 0 Å². The zero-order valence-electron chi connectivity index (χ0n) is 35.2. The molecule has 1 spiro atoms. The second kappa shape index (κ2) is 13.7. The zero-order chi connectivity index (χ0) is 42.6. The Morgan fingerprint density at radius 2 is 0.723 bits per heavy atom. The van der Waals surface area contributed by atoms with Crippen LogP contribution in [0.15, 0.2) is 225 Å². The number of hydrogen-bond acceptors (Lipinski definition) is 3. The van der Waals surface area contributed by atoms with Crippen molar-refractivity contribution in [2.24, 2.45) is 0 Å². The Labute approximate surface area is 377 Å². The topological polar surface area (TPSA) is 38.7 Å². The SMILES string of the molecule is c1ccc2c(c1)-c1ccccc1C21c2ccccc2-c2c1cc1c(c2-c2cc(-c3ccc(-c4ccncc4)cc3)nc(-c3ccc(-c4ccncc4)cc3)c2)-c2cccc3cccc-1c23. The maximum absolute atomic E-state index is 5.52. The van der Waals surface area contributed by atoms with Gasteiger partial charge in [-0.15, -0.1) is 0 Å². The molecule has 0 saturated heterocycles. The lowest BCUT2D eigenvalue weighted by Crippen LogP contribution is -2.26. The standard InChI is InChI=1S/C62H37N3/c1-4-16-52-46(11-1)47-12-2-5-17-53(47)62(52)54-18-6-3-13-49(54)61-55(62)37-51-48-14-7-9-44-10-8-15-50(58(44)48)60(51)59(61)45-35-56(42-23-19-38(20-24-42)40-27-31-63-32-28-40)65-57(36-45)43-25-21-39(22-26-43)41-29-33-64-34-30-41/h1-37H. The number of rotatable bonds is 5. The van der Waals surface area contributed by atoms with Crippen molar-refractivity contribution in [3.05, 3.63) is 247 Å². The van der Waals surface area contributed by atoms with Crippen LogP contribution in [0.2, 0.25) is 0 Å². The van der Waals surface area contributed by atoms with E-state index in [1.54, 1.807) is 0 Å². The summed E-state index contributed by atoms with van der Waals surface area (Å²) >= 11 is 0. The normalized spacial score (nSPS) is 13.0. The molecule has 14 rings (SSSR count). The van der Waals surface area contributed by atoms with Gasteiger partial charge in [-0.1, -0.05) is 158 Å². The Balaban J connectivity index is 1.09. The van der Waals surface area contributed by atoms with Gasteiger partial charge < -0.3 is 0 Å². The van der Waals surface area contributed by atoms with Gasteiger partial charge in [-0.05, 0) is 153 Å². The minimum absolute atomic E-state index is 0.504. The first-order chi connectivity index (χ1) is 32.2. The highest BCUT2D eigenvalue weighted by Gasteiger charge is 2.53. The molecule has 0 aliphatic heterocycles. The van der Waals surface area contributed by atoms with Crippen LogP contribution in [0.5, 0.6) is 0 Å². The molecule has 3 heteroatoms. The van der Waals surface area contributed by atoms with E-state index < -0.39 is 5.41 Å². The van der Waals surface area contributed by atoms with Crippen LogP contribution in [0.4, 0.5) is 0 Å². The van der Waals surface area contributed by atoms with Crippen molar-refractivity contribution in [3.63, 3.8) is 0 Å². The molecule has 0 amide bonds. The molecule has 0 unspecified atom stereocenters. The van der Waals surface area contributed by atoms with Gasteiger partial charge in [-0.2, -0.15) is 0 Å². The van der Waals surface area contributed by atoms with Crippen molar-refractivity contribution in [2.75, 3.05) is 0 Å². The van der Waals surface area contributed by atoms with Gasteiger partial charge in [0.15, 0.2) is 0 Å². The van der Waals surface area contributed by atoms with Gasteiger partial charge >= 0.3 is 0 Å². The Kier molecular flexibility index (Phi) is 7.61. The highest BCUT2D eigenvalue weighted by molar-refractivity contribution is 6.21. The van der Waals surface area contributed by atoms with E-state index in [0.29, 0.717) is 0 Å². The van der Waals surface area contributed by atoms with Gasteiger partial charge in [0.05, 0.1) is 16.8 Å². The lowest BCUT2D eigenvalue weighted by molar-refractivity contribution is 0.794. The third kappa shape index (κ3) is 5.09. The average molecular weight is 824 g/mol. The molecule has 11 aromatic rings. The highest BCUT2D eigenvalue weighted by Crippen LogP contribution is 2.67. The molecule has 0 atom stereocenters. The van der Waals surface area contributed by atoms with Crippen molar-refractivity contribution >= 4 is 10.8 Å². The molecule has 0 N–H and O–H groups in total. The summed E-state index contributed by atoms with van der Waals surface area (Å²) in [6.45, 7) is 0. The molecule has 0 bridgehead atoms. The van der Waals surface area contributed by atoms with Crippen LogP contribution < -0.4 is 0 Å². The van der Waals surface area contributed by atoms with E-state index in [0.717, 1.165) is 50.3 Å². The first-order valence-electron chi connectivity index (χ1n) is 22.3. The fourth-order valence-corrected chi connectivity index (χ4v) is 11.5. The Bertz CT molecular complexity index is 3590. The van der Waals surface area contributed by atoms with Crippen molar-refractivity contribution in [3.8, 4) is 100 Å². The summed E-state index contributed by atoms with van der Waals surface area (Å²) in [6, 6.07) is 74.2. The summed E-state index contributed by atoms with van der Waals surface area (Å²) in [4.78, 5) is 14.0. The zero-order valence-corrected chi connectivity index (χ0v) is 35.2. The summed E-state index contributed by atoms with van der Waals surface area (Å²) in [5.74, 6) is 0. The van der Waals surface area contributed by atoms with E-state index in [1.807, 2.05) is 24.8 Å². The predicted molar refractivity (Wildman–Crippen MR) is 265 cm³/mol. The van der Waals surface area contributed by atoms with Crippen LogP contribution in [0, 0.1) is 0 Å². The van der Waals surface area contributed by atoms with Gasteiger partial charge in [0, 0.05) is 35.9 Å². The number of benzene rings is 8. The minimum Gasteiger partial charge on any atom is -0.265 e. The second-order valence-electron chi connectivity index (χ2n) is 17.4. The Hall–Kier alpha value is -8.53. The van der Waals surface area contributed by atoms with Gasteiger partial charge in [-0.25, -0.2) is 4.98 Å². The Morgan fingerprint density at radius 1 is 0.277 bits per heavy atom. The monoisotopic (exact) mass is 823 g/mol. The van der Waals surface area contributed by atoms with E-state index in [4.69, 9.17) is 4.98 Å². The van der Waals surface area contributed by atoms with Gasteiger partial charge in [0.1, 0.15) is 0 Å². The van der Waals surface area contributed by atoms with Crippen LogP contribution in [0.25, 0.3) is 111 Å². The lowest BCUT2D eigenvalue weighted by atomic mass is 9.69. The smallest absolute Gasteiger partial charge is 0.0725 e. The molecule has 3 nitrogen and oxygen atoms in total. The molecule has 0 saturated carbocycles. The second-order valence-corrected chi connectivity index (χ2v) is 17.4. The van der Waals surface area contributed by atoms with Gasteiger partial charge in [-0.3, -0.25) is 9.97 Å². The lowest BCUT2D eigenvalue weighted by Gasteiger charge is -2.31. The quantitative estimate of drug-likeness (QED) is 0.174. The van der Waals surface area contributed by atoms with E-state index in [9.17, 15) is 0 Å². The molecule has 3 aromatic heterocycles. The largest absolute Gasteiger partial charge is 0.265 e. The molecule has 0 fully saturated rings.